The van der Waals surface area contributed by atoms with Crippen molar-refractivity contribution in [2.45, 2.75) is 37.4 Å². The van der Waals surface area contributed by atoms with Gasteiger partial charge in [-0.25, -0.2) is 4.68 Å². The molecule has 11 heteroatoms. The maximum Gasteiger partial charge on any atom is 0.534 e. The Bertz CT molecular complexity index is 1020. The van der Waals surface area contributed by atoms with Gasteiger partial charge in [0.05, 0.1) is 29.3 Å². The third kappa shape index (κ3) is 3.32. The van der Waals surface area contributed by atoms with Gasteiger partial charge in [-0.2, -0.15) is 26.7 Å². The summed E-state index contributed by atoms with van der Waals surface area (Å²) in [6, 6.07) is 3.12. The Hall–Kier alpha value is -2.27. The largest absolute Gasteiger partial charge is 0.534 e. The van der Waals surface area contributed by atoms with Gasteiger partial charge in [-0.1, -0.05) is 0 Å². The first kappa shape index (κ1) is 19.1. The van der Waals surface area contributed by atoms with Gasteiger partial charge in [0.2, 0.25) is 0 Å². The molecule has 2 aliphatic heterocycles. The highest BCUT2D eigenvalue weighted by atomic mass is 32.2. The van der Waals surface area contributed by atoms with Crippen LogP contribution in [0.5, 0.6) is 5.75 Å². The number of hydrogen-bond acceptors (Lipinski definition) is 6. The molecule has 0 N–H and O–H groups in total. The monoisotopic (exact) mass is 418 g/mol. The predicted molar refractivity (Wildman–Crippen MR) is 92.7 cm³/mol. The van der Waals surface area contributed by atoms with Crippen LogP contribution in [0.1, 0.15) is 37.5 Å². The number of aromatic nitrogens is 2. The van der Waals surface area contributed by atoms with Crippen molar-refractivity contribution in [1.29, 1.82) is 0 Å². The summed E-state index contributed by atoms with van der Waals surface area (Å²) < 4.78 is 78.6. The van der Waals surface area contributed by atoms with E-state index in [-0.39, 0.29) is 30.6 Å². The van der Waals surface area contributed by atoms with Gasteiger partial charge in [-0.15, -0.1) is 0 Å². The van der Waals surface area contributed by atoms with Crippen molar-refractivity contribution in [3.05, 3.63) is 30.0 Å². The number of benzene rings is 1. The average Bonchev–Trinajstić information content (AvgIpc) is 2.98. The van der Waals surface area contributed by atoms with Crippen LogP contribution in [-0.2, 0) is 19.0 Å². The summed E-state index contributed by atoms with van der Waals surface area (Å²) in [5.74, 6) is -0.172. The molecule has 1 unspecified atom stereocenters. The van der Waals surface area contributed by atoms with Crippen molar-refractivity contribution in [1.82, 2.24) is 9.78 Å². The Balaban J connectivity index is 1.75. The van der Waals surface area contributed by atoms with Crippen molar-refractivity contribution < 1.29 is 35.2 Å². The van der Waals surface area contributed by atoms with Crippen LogP contribution in [0, 0.1) is 0 Å². The van der Waals surface area contributed by atoms with Gasteiger partial charge in [0, 0.05) is 13.0 Å². The van der Waals surface area contributed by atoms with Crippen molar-refractivity contribution >= 4 is 26.8 Å². The molecule has 2 aromatic rings. The highest BCUT2D eigenvalue weighted by Gasteiger charge is 2.49. The van der Waals surface area contributed by atoms with Gasteiger partial charge >= 0.3 is 15.6 Å². The van der Waals surface area contributed by atoms with E-state index in [2.05, 4.69) is 9.28 Å². The summed E-state index contributed by atoms with van der Waals surface area (Å²) in [5.41, 5.74) is -4.71. The first-order valence-electron chi connectivity index (χ1n) is 8.74. The molecule has 1 saturated heterocycles. The van der Waals surface area contributed by atoms with Gasteiger partial charge in [-0.3, -0.25) is 0 Å². The van der Waals surface area contributed by atoms with E-state index in [9.17, 15) is 21.6 Å². The van der Waals surface area contributed by atoms with Gasteiger partial charge in [0.15, 0.2) is 6.23 Å². The van der Waals surface area contributed by atoms with Crippen LogP contribution in [-0.4, -0.2) is 36.9 Å². The number of halogens is 3. The SMILES string of the molecule is O=S(=O)(OC1=CCCOc2c1ccc1c2cnn1C1CCCCO1)C(F)(F)F. The molecule has 1 atom stereocenters. The number of hydrogen-bond donors (Lipinski definition) is 0. The smallest absolute Gasteiger partial charge is 0.492 e. The highest BCUT2D eigenvalue weighted by molar-refractivity contribution is 7.87. The molecule has 7 nitrogen and oxygen atoms in total. The molecule has 0 amide bonds. The second kappa shape index (κ2) is 6.96. The fourth-order valence-electron chi connectivity index (χ4n) is 3.30. The summed E-state index contributed by atoms with van der Waals surface area (Å²) in [6.45, 7) is 0.791. The Morgan fingerprint density at radius 1 is 1.21 bits per heavy atom. The average molecular weight is 418 g/mol. The molecule has 152 valence electrons. The van der Waals surface area contributed by atoms with Crippen molar-refractivity contribution in [3.8, 4) is 5.75 Å². The number of ether oxygens (including phenoxy) is 2. The lowest BCUT2D eigenvalue weighted by molar-refractivity contribution is -0.0509. The van der Waals surface area contributed by atoms with Gasteiger partial charge in [0.1, 0.15) is 11.5 Å². The maximum atomic E-state index is 12.7. The van der Waals surface area contributed by atoms with Crippen molar-refractivity contribution in [3.63, 3.8) is 0 Å². The van der Waals surface area contributed by atoms with Gasteiger partial charge < -0.3 is 13.7 Å². The van der Waals surface area contributed by atoms with E-state index >= 15 is 0 Å². The quantitative estimate of drug-likeness (QED) is 0.558. The number of rotatable bonds is 3. The van der Waals surface area contributed by atoms with E-state index in [1.807, 2.05) is 0 Å². The molecule has 0 radical (unpaired) electrons. The van der Waals surface area contributed by atoms with Crippen LogP contribution in [0.2, 0.25) is 0 Å². The molecule has 0 saturated carbocycles. The number of nitrogens with zero attached hydrogens (tertiary/aromatic N) is 2. The Kier molecular flexibility index (Phi) is 4.74. The normalized spacial score (nSPS) is 20.8. The second-order valence-corrected chi connectivity index (χ2v) is 8.01. The lowest BCUT2D eigenvalue weighted by atomic mass is 10.1. The lowest BCUT2D eigenvalue weighted by Gasteiger charge is -2.23. The van der Waals surface area contributed by atoms with Crippen LogP contribution in [0.3, 0.4) is 0 Å². The minimum Gasteiger partial charge on any atom is -0.492 e. The van der Waals surface area contributed by atoms with Crippen molar-refractivity contribution in [2.24, 2.45) is 0 Å². The second-order valence-electron chi connectivity index (χ2n) is 6.47. The standard InChI is InChI=1S/C17H17F3N2O5S/c18-17(19,20)28(23,24)27-14-4-3-9-26-16-11(14)6-7-13-12(16)10-21-22(13)15-5-1-2-8-25-15/h4,6-7,10,15H,1-3,5,8-9H2. The number of alkyl halides is 3. The number of fused-ring (bicyclic) bond motifs is 3. The molecular weight excluding hydrogens is 401 g/mol. The fraction of sp³-hybridized carbons (Fsp3) is 0.471. The molecule has 2 aliphatic rings. The third-order valence-electron chi connectivity index (χ3n) is 4.60. The topological polar surface area (TPSA) is 79.7 Å². The molecular formula is C17H17F3N2O5S. The van der Waals surface area contributed by atoms with Crippen LogP contribution in [0.15, 0.2) is 24.4 Å². The van der Waals surface area contributed by atoms with Crippen LogP contribution < -0.4 is 4.74 Å². The zero-order valence-electron chi connectivity index (χ0n) is 14.6. The molecule has 28 heavy (non-hydrogen) atoms. The summed E-state index contributed by atoms with van der Waals surface area (Å²) in [4.78, 5) is 0. The summed E-state index contributed by atoms with van der Waals surface area (Å²) in [7, 11) is -5.79. The fourth-order valence-corrected chi connectivity index (χ4v) is 3.79. The molecule has 1 aromatic carbocycles. The van der Waals surface area contributed by atoms with Gasteiger partial charge in [-0.05, 0) is 37.5 Å². The first-order chi connectivity index (χ1) is 13.3. The molecule has 1 fully saturated rings. The van der Waals surface area contributed by atoms with E-state index in [0.29, 0.717) is 17.5 Å². The van der Waals surface area contributed by atoms with Crippen LogP contribution in [0.25, 0.3) is 16.7 Å². The Labute approximate surface area is 158 Å². The molecule has 0 spiro atoms. The maximum absolute atomic E-state index is 12.7. The Morgan fingerprint density at radius 3 is 2.75 bits per heavy atom. The van der Waals surface area contributed by atoms with Crippen LogP contribution in [0.4, 0.5) is 13.2 Å². The minimum atomic E-state index is -5.79. The molecule has 3 heterocycles. The summed E-state index contributed by atoms with van der Waals surface area (Å²) in [6.07, 6.45) is 5.55. The zero-order valence-corrected chi connectivity index (χ0v) is 15.4. The first-order valence-corrected chi connectivity index (χ1v) is 10.1. The highest BCUT2D eigenvalue weighted by Crippen LogP contribution is 2.40. The van der Waals surface area contributed by atoms with Gasteiger partial charge in [0.25, 0.3) is 0 Å². The predicted octanol–water partition coefficient (Wildman–Crippen LogP) is 3.73. The van der Waals surface area contributed by atoms with E-state index in [1.165, 1.54) is 18.3 Å². The Morgan fingerprint density at radius 2 is 2.04 bits per heavy atom. The molecule has 0 aliphatic carbocycles. The molecule has 1 aromatic heterocycles. The zero-order chi connectivity index (χ0) is 19.9. The van der Waals surface area contributed by atoms with E-state index < -0.39 is 21.4 Å². The minimum absolute atomic E-state index is 0.127. The van der Waals surface area contributed by atoms with E-state index in [4.69, 9.17) is 9.47 Å². The molecule has 0 bridgehead atoms. The third-order valence-corrected chi connectivity index (χ3v) is 5.57. The molecule has 4 rings (SSSR count). The van der Waals surface area contributed by atoms with E-state index in [0.717, 1.165) is 19.3 Å². The van der Waals surface area contributed by atoms with Crippen molar-refractivity contribution in [2.75, 3.05) is 13.2 Å². The lowest BCUT2D eigenvalue weighted by Crippen LogP contribution is -2.25. The summed E-state index contributed by atoms with van der Waals surface area (Å²) >= 11 is 0. The van der Waals surface area contributed by atoms with E-state index in [1.54, 1.807) is 10.7 Å². The van der Waals surface area contributed by atoms with Crippen LogP contribution >= 0.6 is 0 Å². The summed E-state index contributed by atoms with van der Waals surface area (Å²) in [5, 5.41) is 4.90.